The van der Waals surface area contributed by atoms with Gasteiger partial charge in [0.25, 0.3) is 0 Å². The average molecular weight is 335 g/mol. The summed E-state index contributed by atoms with van der Waals surface area (Å²) in [6.07, 6.45) is 1.00. The summed E-state index contributed by atoms with van der Waals surface area (Å²) < 4.78 is 42.8. The van der Waals surface area contributed by atoms with Crippen molar-refractivity contribution in [1.82, 2.24) is 4.72 Å². The van der Waals surface area contributed by atoms with Crippen molar-refractivity contribution in [2.45, 2.75) is 40.2 Å². The van der Waals surface area contributed by atoms with Crippen LogP contribution in [-0.2, 0) is 26.1 Å². The number of rotatable bonds is 6. The van der Waals surface area contributed by atoms with E-state index in [1.165, 1.54) is 12.1 Å². The van der Waals surface area contributed by atoms with Crippen LogP contribution in [0.4, 0.5) is 4.39 Å². The third kappa shape index (κ3) is 7.00. The van der Waals surface area contributed by atoms with Gasteiger partial charge in [-0.15, -0.1) is 0 Å². The number of hydrogen-bond donors (Lipinski definition) is 1. The van der Waals surface area contributed by atoms with Crippen molar-refractivity contribution >= 4 is 16.0 Å². The van der Waals surface area contributed by atoms with Gasteiger partial charge in [0.05, 0.1) is 18.8 Å². The van der Waals surface area contributed by atoms with E-state index in [9.17, 15) is 17.6 Å². The van der Waals surface area contributed by atoms with Gasteiger partial charge < -0.3 is 4.74 Å². The van der Waals surface area contributed by atoms with E-state index in [0.717, 1.165) is 6.26 Å². The summed E-state index contributed by atoms with van der Waals surface area (Å²) in [6.45, 7) is 7.47. The summed E-state index contributed by atoms with van der Waals surface area (Å²) in [6, 6.07) is 4.27. The molecule has 0 aliphatic rings. The maximum atomic E-state index is 13.8. The van der Waals surface area contributed by atoms with Crippen LogP contribution >= 0.6 is 0 Å². The zero-order chi connectivity index (χ0) is 17.3. The van der Waals surface area contributed by atoms with Gasteiger partial charge in [0.2, 0.25) is 10.0 Å². The van der Waals surface area contributed by atoms with Crippen LogP contribution < -0.4 is 4.72 Å². The quantitative estimate of drug-likeness (QED) is 0.811. The predicted octanol–water partition coefficient (Wildman–Crippen LogP) is 2.81. The molecule has 1 aromatic rings. The number of carbonyl (C=O) groups is 1. The molecular formula is C15H26FNO4S. The molecule has 0 aliphatic carbocycles. The smallest absolute Gasteiger partial charge is 0.313 e. The Morgan fingerprint density at radius 2 is 2.00 bits per heavy atom. The molecule has 5 nitrogen and oxygen atoms in total. The Balaban J connectivity index is 0. The largest absolute Gasteiger partial charge is 0.466 e. The first-order chi connectivity index (χ1) is 10.2. The van der Waals surface area contributed by atoms with Gasteiger partial charge in [0.15, 0.2) is 0 Å². The second kappa shape index (κ2) is 9.53. The van der Waals surface area contributed by atoms with Gasteiger partial charge in [0.1, 0.15) is 5.82 Å². The SMILES string of the molecule is CC.CCOC(=O)C(C)c1ccc(CNS(C)(=O)=O)c(F)c1.[HH]. The molecule has 128 valence electrons. The summed E-state index contributed by atoms with van der Waals surface area (Å²) in [5.74, 6) is -1.55. The Labute approximate surface area is 133 Å². The topological polar surface area (TPSA) is 72.5 Å². The van der Waals surface area contributed by atoms with Crippen LogP contribution in [0.5, 0.6) is 0 Å². The lowest BCUT2D eigenvalue weighted by Gasteiger charge is -2.12. The first kappa shape index (κ1) is 20.5. The van der Waals surface area contributed by atoms with E-state index in [0.29, 0.717) is 5.56 Å². The molecule has 0 spiro atoms. The maximum absolute atomic E-state index is 13.8. The van der Waals surface area contributed by atoms with Gasteiger partial charge in [-0.2, -0.15) is 0 Å². The first-order valence-corrected chi connectivity index (χ1v) is 9.03. The minimum atomic E-state index is -3.38. The van der Waals surface area contributed by atoms with Crippen LogP contribution in [0, 0.1) is 5.82 Å². The molecule has 0 saturated carbocycles. The Kier molecular flexibility index (Phi) is 8.89. The summed E-state index contributed by atoms with van der Waals surface area (Å²) in [5.41, 5.74) is 0.708. The van der Waals surface area contributed by atoms with Crippen LogP contribution in [-0.4, -0.2) is 27.2 Å². The first-order valence-electron chi connectivity index (χ1n) is 7.14. The highest BCUT2D eigenvalue weighted by Crippen LogP contribution is 2.20. The highest BCUT2D eigenvalue weighted by molar-refractivity contribution is 7.88. The molecule has 0 bridgehead atoms. The van der Waals surface area contributed by atoms with E-state index in [1.54, 1.807) is 19.9 Å². The fourth-order valence-electron chi connectivity index (χ4n) is 1.59. The number of esters is 1. The number of hydrogen-bond acceptors (Lipinski definition) is 4. The van der Waals surface area contributed by atoms with Crippen molar-refractivity contribution in [1.29, 1.82) is 0 Å². The molecular weight excluding hydrogens is 309 g/mol. The van der Waals surface area contributed by atoms with Gasteiger partial charge >= 0.3 is 5.97 Å². The Morgan fingerprint density at radius 3 is 2.45 bits per heavy atom. The van der Waals surface area contributed by atoms with Gasteiger partial charge in [-0.05, 0) is 25.5 Å². The third-order valence-electron chi connectivity index (χ3n) is 2.74. The van der Waals surface area contributed by atoms with Crippen LogP contribution in [0.2, 0.25) is 0 Å². The molecule has 1 aromatic carbocycles. The third-order valence-corrected chi connectivity index (χ3v) is 3.41. The minimum absolute atomic E-state index is 0. The van der Waals surface area contributed by atoms with E-state index in [1.807, 2.05) is 13.8 Å². The fourth-order valence-corrected chi connectivity index (χ4v) is 2.01. The lowest BCUT2D eigenvalue weighted by molar-refractivity contribution is -0.144. The zero-order valence-electron chi connectivity index (χ0n) is 13.6. The van der Waals surface area contributed by atoms with Gasteiger partial charge in [-0.25, -0.2) is 17.5 Å². The average Bonchev–Trinajstić information content (AvgIpc) is 2.46. The summed E-state index contributed by atoms with van der Waals surface area (Å²) in [4.78, 5) is 11.6. The van der Waals surface area contributed by atoms with Gasteiger partial charge in [-0.1, -0.05) is 26.0 Å². The summed E-state index contributed by atoms with van der Waals surface area (Å²) >= 11 is 0. The molecule has 1 rings (SSSR count). The lowest BCUT2D eigenvalue weighted by Crippen LogP contribution is -2.22. The zero-order valence-corrected chi connectivity index (χ0v) is 14.5. The van der Waals surface area contributed by atoms with Crippen LogP contribution in [0.3, 0.4) is 0 Å². The Morgan fingerprint density at radius 1 is 1.41 bits per heavy atom. The van der Waals surface area contributed by atoms with E-state index in [4.69, 9.17) is 4.74 Å². The minimum Gasteiger partial charge on any atom is -0.466 e. The molecule has 1 unspecified atom stereocenters. The number of halogens is 1. The molecule has 22 heavy (non-hydrogen) atoms. The monoisotopic (exact) mass is 335 g/mol. The molecule has 0 amide bonds. The highest BCUT2D eigenvalue weighted by Gasteiger charge is 2.18. The van der Waals surface area contributed by atoms with Crippen molar-refractivity contribution < 1.29 is 23.8 Å². The standard InChI is InChI=1S/C13H18FNO4S.C2H6.H2/c1-4-19-13(16)9(2)10-5-6-11(12(14)7-10)8-15-20(3,17)18;1-2;/h5-7,9,15H,4,8H2,1-3H3;1-2H3;1H. The second-order valence-electron chi connectivity index (χ2n) is 4.42. The van der Waals surface area contributed by atoms with Crippen LogP contribution in [0.1, 0.15) is 46.2 Å². The molecule has 7 heteroatoms. The van der Waals surface area contributed by atoms with Crippen LogP contribution in [0.15, 0.2) is 18.2 Å². The van der Waals surface area contributed by atoms with Crippen molar-refractivity contribution in [3.05, 3.63) is 35.1 Å². The fraction of sp³-hybridized carbons (Fsp3) is 0.533. The molecule has 1 atom stereocenters. The van der Waals surface area contributed by atoms with Gasteiger partial charge in [-0.3, -0.25) is 4.79 Å². The lowest BCUT2D eigenvalue weighted by atomic mass is 9.99. The van der Waals surface area contributed by atoms with E-state index in [2.05, 4.69) is 4.72 Å². The maximum Gasteiger partial charge on any atom is 0.313 e. The summed E-state index contributed by atoms with van der Waals surface area (Å²) in [7, 11) is -3.38. The van der Waals surface area contributed by atoms with E-state index >= 15 is 0 Å². The normalized spacial score (nSPS) is 12.1. The molecule has 0 radical (unpaired) electrons. The van der Waals surface area contributed by atoms with Gasteiger partial charge in [0, 0.05) is 13.5 Å². The number of ether oxygens (including phenoxy) is 1. The number of carbonyl (C=O) groups excluding carboxylic acids is 1. The van der Waals surface area contributed by atoms with Crippen molar-refractivity contribution in [2.24, 2.45) is 0 Å². The van der Waals surface area contributed by atoms with E-state index in [-0.39, 0.29) is 20.1 Å². The number of nitrogens with one attached hydrogen (secondary N) is 1. The Hall–Kier alpha value is -1.47. The molecule has 0 aliphatic heterocycles. The molecule has 1 N–H and O–H groups in total. The molecule has 0 heterocycles. The summed E-state index contributed by atoms with van der Waals surface area (Å²) in [5, 5.41) is 0. The molecule has 0 saturated heterocycles. The number of sulfonamides is 1. The molecule has 0 aromatic heterocycles. The van der Waals surface area contributed by atoms with E-state index < -0.39 is 27.7 Å². The van der Waals surface area contributed by atoms with Crippen molar-refractivity contribution in [3.8, 4) is 0 Å². The highest BCUT2D eigenvalue weighted by atomic mass is 32.2. The molecule has 0 fully saturated rings. The van der Waals surface area contributed by atoms with Crippen molar-refractivity contribution in [2.75, 3.05) is 12.9 Å². The Bertz CT molecular complexity index is 593. The predicted molar refractivity (Wildman–Crippen MR) is 86.6 cm³/mol. The second-order valence-corrected chi connectivity index (χ2v) is 6.25. The van der Waals surface area contributed by atoms with Crippen molar-refractivity contribution in [3.63, 3.8) is 0 Å². The number of benzene rings is 1. The van der Waals surface area contributed by atoms with Crippen LogP contribution in [0.25, 0.3) is 0 Å².